The number of nitrogens with two attached hydrogens (primary N) is 2. The van der Waals surface area contributed by atoms with Crippen LogP contribution in [0.15, 0.2) is 0 Å². The Morgan fingerprint density at radius 3 is 2.20 bits per heavy atom. The Morgan fingerprint density at radius 1 is 1.30 bits per heavy atom. The van der Waals surface area contributed by atoms with Gasteiger partial charge < -0.3 is 0 Å². The third-order valence-corrected chi connectivity index (χ3v) is 5.37. The van der Waals surface area contributed by atoms with Crippen LogP contribution in [0.1, 0.15) is 25.7 Å². The van der Waals surface area contributed by atoms with Crippen molar-refractivity contribution in [3.8, 4) is 0 Å². The smallest absolute Gasteiger partial charge is 0.122 e. The first-order valence-corrected chi connectivity index (χ1v) is 7.86. The fraction of sp³-hybridized carbons (Fsp3) is 1.00. The molecule has 0 amide bonds. The maximum atomic E-state index is 5.58. The lowest BCUT2D eigenvalue weighted by Crippen LogP contribution is -2.04. The number of rotatable bonds is 2. The summed E-state index contributed by atoms with van der Waals surface area (Å²) in [6, 6.07) is 0. The Hall–Kier alpha value is 0.920. The van der Waals surface area contributed by atoms with Crippen molar-refractivity contribution in [2.75, 3.05) is 0 Å². The highest BCUT2D eigenvalue weighted by molar-refractivity contribution is 8.69. The van der Waals surface area contributed by atoms with E-state index in [4.69, 9.17) is 22.8 Å². The summed E-state index contributed by atoms with van der Waals surface area (Å²) in [6.07, 6.45) is 5.18. The molecule has 1 aliphatic carbocycles. The van der Waals surface area contributed by atoms with Crippen LogP contribution in [0.5, 0.6) is 0 Å². The molecule has 0 spiro atoms. The topological polar surface area (TPSA) is 52.0 Å². The van der Waals surface area contributed by atoms with E-state index in [1.54, 1.807) is 11.4 Å². The van der Waals surface area contributed by atoms with Crippen molar-refractivity contribution in [1.82, 2.24) is 0 Å². The predicted octanol–water partition coefficient (Wildman–Crippen LogP) is 1.80. The normalized spacial score (nSPS) is 21.8. The average Bonchev–Trinajstić information content (AvgIpc) is 2.12. The number of hydrogen-bond acceptors (Lipinski definition) is 2. The Bertz CT molecular complexity index is 150. The third-order valence-electron chi connectivity index (χ3n) is 1.62. The first-order chi connectivity index (χ1) is 4.58. The summed E-state index contributed by atoms with van der Waals surface area (Å²) in [6.45, 7) is 0. The Balaban J connectivity index is 2.31. The summed E-state index contributed by atoms with van der Waals surface area (Å²) in [7, 11) is 0. The molecular formula is C5H13N2PS2. The SMILES string of the molecule is NP(N)(=S)SC1CCCC1. The molecule has 0 aromatic carbocycles. The second-order valence-corrected chi connectivity index (χ2v) is 9.78. The van der Waals surface area contributed by atoms with Crippen molar-refractivity contribution in [1.29, 1.82) is 0 Å². The van der Waals surface area contributed by atoms with Crippen LogP contribution in [0.25, 0.3) is 0 Å². The van der Waals surface area contributed by atoms with E-state index >= 15 is 0 Å². The molecule has 0 heterocycles. The van der Waals surface area contributed by atoms with Gasteiger partial charge in [-0.3, -0.25) is 11.0 Å². The lowest BCUT2D eigenvalue weighted by molar-refractivity contribution is 0.886. The van der Waals surface area contributed by atoms with E-state index in [-0.39, 0.29) is 0 Å². The van der Waals surface area contributed by atoms with Crippen LogP contribution in [0.4, 0.5) is 0 Å². The second-order valence-electron chi connectivity index (χ2n) is 2.66. The molecule has 0 unspecified atom stereocenters. The molecule has 2 nitrogen and oxygen atoms in total. The number of hydrogen-bond donors (Lipinski definition) is 2. The molecule has 0 bridgehead atoms. The van der Waals surface area contributed by atoms with Crippen molar-refractivity contribution in [3.05, 3.63) is 0 Å². The average molecular weight is 196 g/mol. The molecule has 5 heteroatoms. The quantitative estimate of drug-likeness (QED) is 0.661. The zero-order chi connectivity index (χ0) is 7.61. The maximum absolute atomic E-state index is 5.58. The van der Waals surface area contributed by atoms with Crippen LogP contribution in [-0.4, -0.2) is 5.25 Å². The fourth-order valence-corrected chi connectivity index (χ4v) is 5.36. The maximum Gasteiger partial charge on any atom is 0.122 e. The van der Waals surface area contributed by atoms with E-state index in [1.165, 1.54) is 25.7 Å². The zero-order valence-electron chi connectivity index (χ0n) is 5.82. The predicted molar refractivity (Wildman–Crippen MR) is 52.5 cm³/mol. The summed E-state index contributed by atoms with van der Waals surface area (Å²) in [5.41, 5.74) is 9.20. The Kier molecular flexibility index (Phi) is 3.20. The van der Waals surface area contributed by atoms with Crippen LogP contribution in [0, 0.1) is 0 Å². The second kappa shape index (κ2) is 3.55. The monoisotopic (exact) mass is 196 g/mol. The van der Waals surface area contributed by atoms with Crippen molar-refractivity contribution in [3.63, 3.8) is 0 Å². The van der Waals surface area contributed by atoms with Gasteiger partial charge in [-0.05, 0) is 12.8 Å². The van der Waals surface area contributed by atoms with Gasteiger partial charge in [0.2, 0.25) is 0 Å². The van der Waals surface area contributed by atoms with Crippen LogP contribution in [-0.2, 0) is 11.8 Å². The van der Waals surface area contributed by atoms with Crippen molar-refractivity contribution < 1.29 is 0 Å². The molecule has 60 valence electrons. The minimum absolute atomic E-state index is 0.667. The van der Waals surface area contributed by atoms with Crippen LogP contribution in [0.2, 0.25) is 0 Å². The summed E-state index contributed by atoms with van der Waals surface area (Å²) in [4.78, 5) is 0. The molecule has 1 aliphatic rings. The molecular weight excluding hydrogens is 183 g/mol. The highest BCUT2D eigenvalue weighted by Crippen LogP contribution is 2.50. The fourth-order valence-electron chi connectivity index (χ4n) is 1.23. The standard InChI is InChI=1S/C5H13N2PS2/c6-8(7,9)10-5-3-1-2-4-5/h5H,1-4H2,(H4,6,7,9). The Labute approximate surface area is 71.0 Å². The highest BCUT2D eigenvalue weighted by atomic mass is 32.9. The first-order valence-electron chi connectivity index (χ1n) is 3.43. The largest absolute Gasteiger partial charge is 0.283 e. The van der Waals surface area contributed by atoms with Crippen molar-refractivity contribution >= 4 is 28.7 Å². The van der Waals surface area contributed by atoms with Gasteiger partial charge in [0.15, 0.2) is 0 Å². The van der Waals surface area contributed by atoms with Crippen LogP contribution >= 0.6 is 16.9 Å². The van der Waals surface area contributed by atoms with Gasteiger partial charge >= 0.3 is 0 Å². The van der Waals surface area contributed by atoms with E-state index in [0.29, 0.717) is 5.25 Å². The molecule has 10 heavy (non-hydrogen) atoms. The van der Waals surface area contributed by atoms with Gasteiger partial charge in [-0.2, -0.15) is 0 Å². The minimum Gasteiger partial charge on any atom is -0.283 e. The first kappa shape index (κ1) is 9.01. The van der Waals surface area contributed by atoms with Crippen LogP contribution in [0.3, 0.4) is 0 Å². The van der Waals surface area contributed by atoms with Gasteiger partial charge in [0.25, 0.3) is 0 Å². The third kappa shape index (κ3) is 3.35. The summed E-state index contributed by atoms with van der Waals surface area (Å²) < 4.78 is 0. The van der Waals surface area contributed by atoms with E-state index < -0.39 is 5.54 Å². The molecule has 0 radical (unpaired) electrons. The van der Waals surface area contributed by atoms with Gasteiger partial charge in [-0.15, -0.1) is 0 Å². The van der Waals surface area contributed by atoms with Crippen molar-refractivity contribution in [2.24, 2.45) is 11.0 Å². The van der Waals surface area contributed by atoms with Gasteiger partial charge in [-0.25, -0.2) is 0 Å². The van der Waals surface area contributed by atoms with E-state index in [1.807, 2.05) is 0 Å². The van der Waals surface area contributed by atoms with Crippen molar-refractivity contribution in [2.45, 2.75) is 30.9 Å². The minimum atomic E-state index is -1.96. The van der Waals surface area contributed by atoms with E-state index in [0.717, 1.165) is 0 Å². The summed E-state index contributed by atoms with van der Waals surface area (Å²) in [5.74, 6) is 0. The van der Waals surface area contributed by atoms with Gasteiger partial charge in [0, 0.05) is 5.25 Å². The lowest BCUT2D eigenvalue weighted by Gasteiger charge is -2.14. The van der Waals surface area contributed by atoms with Gasteiger partial charge in [0.1, 0.15) is 5.54 Å². The molecule has 1 saturated carbocycles. The molecule has 0 aliphatic heterocycles. The van der Waals surface area contributed by atoms with Gasteiger partial charge in [0.05, 0.1) is 0 Å². The summed E-state index contributed by atoms with van der Waals surface area (Å²) in [5, 5.41) is 0.667. The molecule has 4 N–H and O–H groups in total. The molecule has 0 saturated heterocycles. The van der Waals surface area contributed by atoms with E-state index in [2.05, 4.69) is 0 Å². The highest BCUT2D eigenvalue weighted by Gasteiger charge is 2.19. The van der Waals surface area contributed by atoms with E-state index in [9.17, 15) is 0 Å². The molecule has 1 rings (SSSR count). The summed E-state index contributed by atoms with van der Waals surface area (Å²) >= 11 is 6.60. The molecule has 0 aromatic rings. The lowest BCUT2D eigenvalue weighted by atomic mass is 10.4. The molecule has 1 fully saturated rings. The van der Waals surface area contributed by atoms with Crippen LogP contribution < -0.4 is 11.0 Å². The molecule has 0 atom stereocenters. The zero-order valence-corrected chi connectivity index (χ0v) is 8.35. The van der Waals surface area contributed by atoms with Gasteiger partial charge in [-0.1, -0.05) is 36.0 Å². The molecule has 0 aromatic heterocycles. The Morgan fingerprint density at radius 2 is 1.80 bits per heavy atom.